The Morgan fingerprint density at radius 2 is 1.68 bits per heavy atom. The van der Waals surface area contributed by atoms with Crippen molar-refractivity contribution in [2.24, 2.45) is 23.2 Å². The summed E-state index contributed by atoms with van der Waals surface area (Å²) in [6.45, 7) is 20.4. The highest BCUT2D eigenvalue weighted by Gasteiger charge is 2.58. The van der Waals surface area contributed by atoms with Crippen LogP contribution in [-0.4, -0.2) is 161 Å². The predicted octanol–water partition coefficient (Wildman–Crippen LogP) is 4.39. The van der Waals surface area contributed by atoms with E-state index in [0.29, 0.717) is 23.8 Å². The lowest BCUT2D eigenvalue weighted by Crippen LogP contribution is -2.65. The van der Waals surface area contributed by atoms with Gasteiger partial charge < -0.3 is 74.8 Å². The van der Waals surface area contributed by atoms with Gasteiger partial charge in [0.1, 0.15) is 29.5 Å². The summed E-state index contributed by atoms with van der Waals surface area (Å²) >= 11 is 6.06. The van der Waals surface area contributed by atoms with E-state index >= 15 is 0 Å². The number of esters is 1. The Hall–Kier alpha value is -2.23. The molecule has 1 aromatic carbocycles. The fourth-order valence-corrected chi connectivity index (χ4v) is 9.86. The molecule has 3 saturated heterocycles. The average molecular weight is 946 g/mol. The molecule has 0 aliphatic carbocycles. The minimum atomic E-state index is -1.87. The van der Waals surface area contributed by atoms with Crippen LogP contribution in [0.2, 0.25) is 5.02 Å². The Labute approximate surface area is 391 Å². The Kier molecular flexibility index (Phi) is 19.1. The molecule has 1 aromatic rings. The maximum atomic E-state index is 14.5. The quantitative estimate of drug-likeness (QED) is 0.0826. The van der Waals surface area contributed by atoms with Crippen molar-refractivity contribution in [3.63, 3.8) is 0 Å². The van der Waals surface area contributed by atoms with Crippen molar-refractivity contribution in [3.8, 4) is 0 Å². The number of rotatable bonds is 12. The Morgan fingerprint density at radius 3 is 2.26 bits per heavy atom. The second-order valence-corrected chi connectivity index (χ2v) is 20.7. The van der Waals surface area contributed by atoms with Crippen LogP contribution in [0.25, 0.3) is 0 Å². The summed E-state index contributed by atoms with van der Waals surface area (Å²) in [5.74, 6) is -4.97. The van der Waals surface area contributed by atoms with E-state index in [9.17, 15) is 35.1 Å². The first-order valence-electron chi connectivity index (χ1n) is 23.3. The number of nitrogens with one attached hydrogen (secondary N) is 3. The molecule has 2 amide bonds. The van der Waals surface area contributed by atoms with Gasteiger partial charge in [-0.25, -0.2) is 4.79 Å². The zero-order valence-corrected chi connectivity index (χ0v) is 41.7. The Balaban J connectivity index is 1.80. The van der Waals surface area contributed by atoms with Crippen LogP contribution < -0.4 is 16.0 Å². The minimum absolute atomic E-state index is 0.0147. The molecule has 4 rings (SSSR count). The average Bonchev–Trinajstić information content (AvgIpc) is 3.24. The summed E-state index contributed by atoms with van der Waals surface area (Å²) < 4.78 is 38.6. The molecule has 17 nitrogen and oxygen atoms in total. The maximum absolute atomic E-state index is 14.5. The van der Waals surface area contributed by atoms with Gasteiger partial charge in [-0.05, 0) is 104 Å². The number of cyclic esters (lactones) is 1. The molecule has 0 bridgehead atoms. The molecular formula is C47H81ClN4O13. The number of aliphatic hydroxyl groups excluding tert-OH is 2. The molecule has 3 aliphatic rings. The van der Waals surface area contributed by atoms with Gasteiger partial charge in [0.2, 0.25) is 0 Å². The number of carbonyl (C=O) groups is 2. The molecule has 3 heterocycles. The molecule has 0 spiro atoms. The van der Waals surface area contributed by atoms with E-state index in [0.717, 1.165) is 6.42 Å². The molecule has 0 radical (unpaired) electrons. The van der Waals surface area contributed by atoms with Crippen molar-refractivity contribution in [1.82, 2.24) is 15.5 Å². The normalized spacial score (nSPS) is 41.1. The number of likely N-dealkylation sites (N-methyl/N-ethyl adjacent to an activating group) is 1. The van der Waals surface area contributed by atoms with E-state index in [-0.39, 0.29) is 44.8 Å². The number of anilines is 1. The van der Waals surface area contributed by atoms with Crippen LogP contribution in [0.15, 0.2) is 24.3 Å². The number of nitrogens with zero attached hydrogens (tertiary/aromatic N) is 1. The summed E-state index contributed by atoms with van der Waals surface area (Å²) in [4.78, 5) is 29.5. The third-order valence-corrected chi connectivity index (χ3v) is 14.4. The summed E-state index contributed by atoms with van der Waals surface area (Å²) in [5, 5.41) is 69.9. The van der Waals surface area contributed by atoms with Crippen LogP contribution in [0.3, 0.4) is 0 Å². The van der Waals surface area contributed by atoms with Crippen LogP contribution in [0, 0.1) is 23.2 Å². The molecular weight excluding hydrogens is 864 g/mol. The molecule has 16 atom stereocenters. The van der Waals surface area contributed by atoms with Crippen LogP contribution >= 0.6 is 11.6 Å². The third kappa shape index (κ3) is 13.1. The molecule has 18 heteroatoms. The first-order chi connectivity index (χ1) is 30.2. The van der Waals surface area contributed by atoms with Gasteiger partial charge in [-0.1, -0.05) is 53.1 Å². The SMILES string of the molecule is CCCNCC1(O)COC(OC)(OC2C(C)C(=O)OC(CC)C(C)(O)C(O)C(C)NCC(C)CC(C)(O)C(O[C@@H]3O[C@H](C)C[C@H](N(C)C(=O)Nc4ccc(Cl)cc4)[C@H]3O)C2C)CC1(C)C. The second kappa shape index (κ2) is 22.5. The zero-order valence-electron chi connectivity index (χ0n) is 40.9. The fourth-order valence-electron chi connectivity index (χ4n) is 9.73. The van der Waals surface area contributed by atoms with E-state index < -0.39 is 107 Å². The van der Waals surface area contributed by atoms with Gasteiger partial charge in [-0.15, -0.1) is 0 Å². The molecule has 65 heavy (non-hydrogen) atoms. The smallest absolute Gasteiger partial charge is 0.321 e. The lowest BCUT2D eigenvalue weighted by molar-refractivity contribution is -0.438. The Bertz CT molecular complexity index is 1690. The lowest BCUT2D eigenvalue weighted by atomic mass is 9.70. The lowest BCUT2D eigenvalue weighted by Gasteiger charge is -2.54. The number of hydrogen-bond acceptors (Lipinski definition) is 15. The number of urea groups is 1. The molecule has 0 aromatic heterocycles. The monoisotopic (exact) mass is 945 g/mol. The number of halogens is 1. The van der Waals surface area contributed by atoms with Crippen molar-refractivity contribution in [3.05, 3.63) is 29.3 Å². The predicted molar refractivity (Wildman–Crippen MR) is 246 cm³/mol. The van der Waals surface area contributed by atoms with Gasteiger partial charge in [-0.2, -0.15) is 0 Å². The van der Waals surface area contributed by atoms with Crippen LogP contribution in [0.1, 0.15) is 108 Å². The van der Waals surface area contributed by atoms with Gasteiger partial charge in [0.05, 0.1) is 42.5 Å². The minimum Gasteiger partial charge on any atom is -0.459 e. The van der Waals surface area contributed by atoms with Crippen molar-refractivity contribution in [2.45, 2.75) is 186 Å². The number of methoxy groups -OCH3 is 1. The number of ether oxygens (including phenoxy) is 6. The third-order valence-electron chi connectivity index (χ3n) is 14.1. The van der Waals surface area contributed by atoms with Crippen LogP contribution in [-0.2, 0) is 33.2 Å². The van der Waals surface area contributed by atoms with Crippen molar-refractivity contribution < 1.29 is 63.5 Å². The van der Waals surface area contributed by atoms with Gasteiger partial charge >= 0.3 is 12.0 Å². The van der Waals surface area contributed by atoms with E-state index in [4.69, 9.17) is 40.0 Å². The van der Waals surface area contributed by atoms with Gasteiger partial charge in [-0.3, -0.25) is 4.79 Å². The van der Waals surface area contributed by atoms with E-state index in [2.05, 4.69) is 16.0 Å². The standard InChI is InChI=1S/C47H81ClN4O13/c1-14-20-49-25-46(59)26-61-47(60-13,24-43(46,8)9)65-37-29(5)39(64-41-36(53)34(21-28(4)62-41)52(12)42(56)51-33-18-16-32(48)17-19-33)44(10,57)22-27(3)23-50-31(7)38(54)45(11,58)35(15-2)63-40(55)30(37)6/h16-19,27-31,34-39,41,49-50,53-54,57-59H,14-15,20-26H2,1-13H3,(H,51,56)/t27?,28-,29?,30?,31?,34+,35?,36-,37?,38?,39?,41+,44?,45?,46?,47?/m1/s1. The van der Waals surface area contributed by atoms with Crippen molar-refractivity contribution >= 4 is 29.3 Å². The first-order valence-corrected chi connectivity index (χ1v) is 23.7. The molecule has 8 N–H and O–H groups in total. The topological polar surface area (TPSA) is 230 Å². The summed E-state index contributed by atoms with van der Waals surface area (Å²) in [6, 6.07) is 4.69. The van der Waals surface area contributed by atoms with E-state index in [1.807, 2.05) is 27.7 Å². The number of aliphatic hydroxyl groups is 5. The Morgan fingerprint density at radius 1 is 1.03 bits per heavy atom. The van der Waals surface area contributed by atoms with Crippen molar-refractivity contribution in [2.75, 3.05) is 45.7 Å². The number of hydrogen-bond donors (Lipinski definition) is 8. The van der Waals surface area contributed by atoms with Crippen molar-refractivity contribution in [1.29, 1.82) is 0 Å². The summed E-state index contributed by atoms with van der Waals surface area (Å²) in [6.07, 6.45) is -6.87. The maximum Gasteiger partial charge on any atom is 0.321 e. The number of carbonyl (C=O) groups excluding carboxylic acids is 2. The molecule has 3 aliphatic heterocycles. The fraction of sp³-hybridized carbons (Fsp3) is 0.830. The largest absolute Gasteiger partial charge is 0.459 e. The highest BCUT2D eigenvalue weighted by molar-refractivity contribution is 6.30. The molecule has 3 fully saturated rings. The van der Waals surface area contributed by atoms with E-state index in [1.54, 1.807) is 72.9 Å². The zero-order chi connectivity index (χ0) is 48.9. The number of benzene rings is 1. The summed E-state index contributed by atoms with van der Waals surface area (Å²) in [7, 11) is 2.98. The van der Waals surface area contributed by atoms with Gasteiger partial charge in [0, 0.05) is 55.2 Å². The van der Waals surface area contributed by atoms with Crippen LogP contribution in [0.5, 0.6) is 0 Å². The van der Waals surface area contributed by atoms with Gasteiger partial charge in [0.25, 0.3) is 5.97 Å². The first kappa shape index (κ1) is 55.4. The summed E-state index contributed by atoms with van der Waals surface area (Å²) in [5.41, 5.74) is -5.29. The van der Waals surface area contributed by atoms with Crippen LogP contribution in [0.4, 0.5) is 10.5 Å². The number of amides is 2. The molecule has 12 unspecified atom stereocenters. The van der Waals surface area contributed by atoms with Gasteiger partial charge in [0.15, 0.2) is 6.29 Å². The highest BCUT2D eigenvalue weighted by atomic mass is 35.5. The second-order valence-electron chi connectivity index (χ2n) is 20.3. The molecule has 0 saturated carbocycles. The molecule has 374 valence electrons. The highest BCUT2D eigenvalue weighted by Crippen LogP contribution is 2.48. The van der Waals surface area contributed by atoms with E-state index in [1.165, 1.54) is 18.9 Å².